The van der Waals surface area contributed by atoms with Crippen molar-refractivity contribution >= 4 is 11.3 Å². The van der Waals surface area contributed by atoms with Crippen molar-refractivity contribution in [1.82, 2.24) is 14.5 Å². The molecule has 0 unspecified atom stereocenters. The van der Waals surface area contributed by atoms with Crippen LogP contribution in [0.15, 0.2) is 28.6 Å². The summed E-state index contributed by atoms with van der Waals surface area (Å²) in [5.41, 5.74) is 0.519. The molecular weight excluding hydrogens is 198 g/mol. The fourth-order valence-electron chi connectivity index (χ4n) is 1.11. The molecule has 0 atom stereocenters. The van der Waals surface area contributed by atoms with Gasteiger partial charge in [-0.2, -0.15) is 4.98 Å². The first-order valence-electron chi connectivity index (χ1n) is 4.18. The fourth-order valence-corrected chi connectivity index (χ4v) is 1.73. The maximum absolute atomic E-state index is 11.4. The number of aryl methyl sites for hydroxylation is 1. The highest BCUT2D eigenvalue weighted by Gasteiger charge is 2.00. The summed E-state index contributed by atoms with van der Waals surface area (Å²) in [6, 6.07) is 1.81. The van der Waals surface area contributed by atoms with Crippen LogP contribution in [0.25, 0.3) is 0 Å². The monoisotopic (exact) mass is 207 g/mol. The largest absolute Gasteiger partial charge is 0.348 e. The van der Waals surface area contributed by atoms with Crippen LogP contribution in [0.2, 0.25) is 0 Å². The molecule has 2 aromatic heterocycles. The third kappa shape index (κ3) is 1.88. The van der Waals surface area contributed by atoms with Crippen molar-refractivity contribution < 1.29 is 0 Å². The zero-order valence-corrected chi connectivity index (χ0v) is 8.49. The van der Waals surface area contributed by atoms with Gasteiger partial charge in [-0.15, -0.1) is 11.3 Å². The lowest BCUT2D eigenvalue weighted by Crippen LogP contribution is -2.23. The number of rotatable bonds is 2. The summed E-state index contributed by atoms with van der Waals surface area (Å²) < 4.78 is 1.55. The maximum atomic E-state index is 11.4. The summed E-state index contributed by atoms with van der Waals surface area (Å²) in [5, 5.41) is 2.81. The van der Waals surface area contributed by atoms with E-state index in [0.29, 0.717) is 6.54 Å². The van der Waals surface area contributed by atoms with Gasteiger partial charge in [0.1, 0.15) is 5.01 Å². The summed E-state index contributed by atoms with van der Waals surface area (Å²) in [4.78, 5) is 19.3. The van der Waals surface area contributed by atoms with Gasteiger partial charge in [0.25, 0.3) is 0 Å². The van der Waals surface area contributed by atoms with Crippen LogP contribution in [0.3, 0.4) is 0 Å². The predicted octanol–water partition coefficient (Wildman–Crippen LogP) is 1.06. The minimum absolute atomic E-state index is 0.222. The molecule has 0 amide bonds. The Morgan fingerprint density at radius 2 is 2.43 bits per heavy atom. The third-order valence-corrected chi connectivity index (χ3v) is 2.57. The van der Waals surface area contributed by atoms with Crippen molar-refractivity contribution in [2.24, 2.45) is 0 Å². The standard InChI is InChI=1S/C9H9N3OS/c1-7-2-4-12(9(13)11-7)6-8-10-3-5-14-8/h2-5H,6H2,1H3. The molecule has 72 valence electrons. The molecule has 0 bridgehead atoms. The number of hydrogen-bond acceptors (Lipinski definition) is 4. The minimum Gasteiger partial charge on any atom is -0.292 e. The van der Waals surface area contributed by atoms with Gasteiger partial charge in [0.05, 0.1) is 6.54 Å². The normalized spacial score (nSPS) is 10.4. The highest BCUT2D eigenvalue weighted by molar-refractivity contribution is 7.09. The van der Waals surface area contributed by atoms with Gasteiger partial charge in [-0.1, -0.05) is 0 Å². The van der Waals surface area contributed by atoms with E-state index in [4.69, 9.17) is 0 Å². The zero-order chi connectivity index (χ0) is 9.97. The Hall–Kier alpha value is -1.49. The second-order valence-corrected chi connectivity index (χ2v) is 3.88. The van der Waals surface area contributed by atoms with Gasteiger partial charge in [-0.25, -0.2) is 9.78 Å². The van der Waals surface area contributed by atoms with Crippen LogP contribution in [0, 0.1) is 6.92 Å². The molecule has 2 rings (SSSR count). The molecule has 5 heteroatoms. The van der Waals surface area contributed by atoms with E-state index in [1.807, 2.05) is 11.4 Å². The van der Waals surface area contributed by atoms with Crippen LogP contribution in [-0.4, -0.2) is 14.5 Å². The first-order valence-corrected chi connectivity index (χ1v) is 5.06. The summed E-state index contributed by atoms with van der Waals surface area (Å²) in [6.45, 7) is 2.30. The summed E-state index contributed by atoms with van der Waals surface area (Å²) >= 11 is 1.53. The van der Waals surface area contributed by atoms with Gasteiger partial charge in [0.15, 0.2) is 0 Å². The molecule has 4 nitrogen and oxygen atoms in total. The Kier molecular flexibility index (Phi) is 2.41. The van der Waals surface area contributed by atoms with Crippen LogP contribution >= 0.6 is 11.3 Å². The summed E-state index contributed by atoms with van der Waals surface area (Å²) in [7, 11) is 0. The van der Waals surface area contributed by atoms with Gasteiger partial charge in [0.2, 0.25) is 0 Å². The van der Waals surface area contributed by atoms with E-state index < -0.39 is 0 Å². The average molecular weight is 207 g/mol. The lowest BCUT2D eigenvalue weighted by molar-refractivity contribution is 0.716. The molecule has 0 spiro atoms. The van der Waals surface area contributed by atoms with E-state index in [9.17, 15) is 4.79 Å². The van der Waals surface area contributed by atoms with E-state index in [1.54, 1.807) is 23.9 Å². The molecule has 2 heterocycles. The second kappa shape index (κ2) is 3.71. The van der Waals surface area contributed by atoms with Gasteiger partial charge in [-0.05, 0) is 13.0 Å². The van der Waals surface area contributed by atoms with E-state index >= 15 is 0 Å². The molecule has 0 aliphatic heterocycles. The molecule has 0 aliphatic rings. The topological polar surface area (TPSA) is 47.8 Å². The molecule has 0 fully saturated rings. The zero-order valence-electron chi connectivity index (χ0n) is 7.67. The molecule has 0 saturated carbocycles. The number of hydrogen-bond donors (Lipinski definition) is 0. The summed E-state index contributed by atoms with van der Waals surface area (Å²) in [5.74, 6) is 0. The quantitative estimate of drug-likeness (QED) is 0.739. The number of nitrogens with zero attached hydrogens (tertiary/aromatic N) is 3. The van der Waals surface area contributed by atoms with E-state index in [1.165, 1.54) is 11.3 Å². The van der Waals surface area contributed by atoms with Crippen LogP contribution < -0.4 is 5.69 Å². The Bertz CT molecular complexity index is 475. The van der Waals surface area contributed by atoms with E-state index in [2.05, 4.69) is 9.97 Å². The lowest BCUT2D eigenvalue weighted by atomic mass is 10.4. The van der Waals surface area contributed by atoms with Crippen LogP contribution in [-0.2, 0) is 6.54 Å². The van der Waals surface area contributed by atoms with Crippen molar-refractivity contribution in [3.05, 3.63) is 45.0 Å². The van der Waals surface area contributed by atoms with E-state index in [0.717, 1.165) is 10.7 Å². The Balaban J connectivity index is 2.30. The van der Waals surface area contributed by atoms with Crippen molar-refractivity contribution in [3.8, 4) is 0 Å². The molecule has 0 radical (unpaired) electrons. The highest BCUT2D eigenvalue weighted by Crippen LogP contribution is 2.04. The fraction of sp³-hybridized carbons (Fsp3) is 0.222. The smallest absolute Gasteiger partial charge is 0.292 e. The van der Waals surface area contributed by atoms with Crippen LogP contribution in [0.4, 0.5) is 0 Å². The predicted molar refractivity (Wildman–Crippen MR) is 54.5 cm³/mol. The molecule has 2 aromatic rings. The van der Waals surface area contributed by atoms with Crippen molar-refractivity contribution in [3.63, 3.8) is 0 Å². The molecule has 0 aromatic carbocycles. The molecular formula is C9H9N3OS. The Morgan fingerprint density at radius 1 is 1.57 bits per heavy atom. The first kappa shape index (κ1) is 9.08. The lowest BCUT2D eigenvalue weighted by Gasteiger charge is -2.01. The number of aromatic nitrogens is 3. The molecule has 14 heavy (non-hydrogen) atoms. The highest BCUT2D eigenvalue weighted by atomic mass is 32.1. The molecule has 0 N–H and O–H groups in total. The molecule has 0 saturated heterocycles. The SMILES string of the molecule is Cc1ccn(Cc2nccs2)c(=O)n1. The van der Waals surface area contributed by atoms with E-state index in [-0.39, 0.29) is 5.69 Å². The van der Waals surface area contributed by atoms with Gasteiger partial charge in [0, 0.05) is 23.5 Å². The van der Waals surface area contributed by atoms with Crippen LogP contribution in [0.1, 0.15) is 10.7 Å². The van der Waals surface area contributed by atoms with Gasteiger partial charge >= 0.3 is 5.69 Å². The first-order chi connectivity index (χ1) is 6.75. The second-order valence-electron chi connectivity index (χ2n) is 2.91. The maximum Gasteiger partial charge on any atom is 0.348 e. The van der Waals surface area contributed by atoms with Gasteiger partial charge in [-0.3, -0.25) is 4.57 Å². The Labute approximate surface area is 84.9 Å². The number of thiazole rings is 1. The van der Waals surface area contributed by atoms with Crippen molar-refractivity contribution in [1.29, 1.82) is 0 Å². The summed E-state index contributed by atoms with van der Waals surface area (Å²) in [6.07, 6.45) is 3.47. The third-order valence-electron chi connectivity index (χ3n) is 1.80. The Morgan fingerprint density at radius 3 is 3.07 bits per heavy atom. The van der Waals surface area contributed by atoms with Crippen molar-refractivity contribution in [2.45, 2.75) is 13.5 Å². The van der Waals surface area contributed by atoms with Crippen molar-refractivity contribution in [2.75, 3.05) is 0 Å². The minimum atomic E-state index is -0.222. The van der Waals surface area contributed by atoms with Crippen LogP contribution in [0.5, 0.6) is 0 Å². The molecule has 0 aliphatic carbocycles. The average Bonchev–Trinajstić information content (AvgIpc) is 2.62. The van der Waals surface area contributed by atoms with Gasteiger partial charge < -0.3 is 0 Å².